The number of rotatable bonds is 5. The molecule has 0 fully saturated rings. The van der Waals surface area contributed by atoms with Gasteiger partial charge in [0.15, 0.2) is 0 Å². The SMILES string of the molecule is COc1nc(C(F)F)nc(N(C(N)=O)S(=O)(=O)c2ccccc2C(F)(F)F)n1. The number of benzene rings is 1. The van der Waals surface area contributed by atoms with Gasteiger partial charge >= 0.3 is 18.2 Å². The van der Waals surface area contributed by atoms with E-state index in [1.807, 2.05) is 0 Å². The first-order chi connectivity index (χ1) is 12.9. The fourth-order valence-corrected chi connectivity index (χ4v) is 3.43. The molecule has 0 unspecified atom stereocenters. The molecule has 0 saturated carbocycles. The van der Waals surface area contributed by atoms with Gasteiger partial charge in [-0.15, -0.1) is 4.31 Å². The van der Waals surface area contributed by atoms with E-state index in [9.17, 15) is 35.2 Å². The van der Waals surface area contributed by atoms with Crippen LogP contribution in [0.1, 0.15) is 17.8 Å². The van der Waals surface area contributed by atoms with Crippen LogP contribution < -0.4 is 14.8 Å². The first-order valence-electron chi connectivity index (χ1n) is 6.98. The van der Waals surface area contributed by atoms with Crippen molar-refractivity contribution in [2.45, 2.75) is 17.5 Å². The first kappa shape index (κ1) is 21.2. The van der Waals surface area contributed by atoms with Gasteiger partial charge in [-0.25, -0.2) is 22.0 Å². The Morgan fingerprint density at radius 1 is 1.18 bits per heavy atom. The maximum atomic E-state index is 13.2. The molecule has 1 aromatic heterocycles. The standard InChI is InChI=1S/C13H10F5N5O4S/c1-27-12-21-9(8(14)15)20-11(22-12)23(10(19)24)28(25,26)7-5-3-2-4-6(7)13(16,17)18/h2-5,8H,1H3,(H2,19,24). The molecule has 0 saturated heterocycles. The number of hydrogen-bond donors (Lipinski definition) is 1. The number of carbonyl (C=O) groups is 1. The van der Waals surface area contributed by atoms with Crippen LogP contribution in [-0.4, -0.2) is 36.5 Å². The minimum Gasteiger partial charge on any atom is -0.467 e. The zero-order valence-corrected chi connectivity index (χ0v) is 14.5. The van der Waals surface area contributed by atoms with Gasteiger partial charge < -0.3 is 10.5 Å². The number of anilines is 1. The summed E-state index contributed by atoms with van der Waals surface area (Å²) in [5.41, 5.74) is 3.35. The Labute approximate surface area is 154 Å². The molecule has 2 amide bonds. The second-order valence-corrected chi connectivity index (χ2v) is 6.64. The maximum Gasteiger partial charge on any atom is 0.417 e. The fourth-order valence-electron chi connectivity index (χ4n) is 1.99. The molecule has 28 heavy (non-hydrogen) atoms. The van der Waals surface area contributed by atoms with Crippen LogP contribution in [0.25, 0.3) is 0 Å². The van der Waals surface area contributed by atoms with Crippen molar-refractivity contribution in [2.24, 2.45) is 5.73 Å². The third-order valence-corrected chi connectivity index (χ3v) is 4.83. The first-order valence-corrected chi connectivity index (χ1v) is 8.42. The number of aromatic nitrogens is 3. The number of hydrogen-bond acceptors (Lipinski definition) is 7. The predicted molar refractivity (Wildman–Crippen MR) is 82.0 cm³/mol. The lowest BCUT2D eigenvalue weighted by molar-refractivity contribution is -0.139. The zero-order valence-electron chi connectivity index (χ0n) is 13.7. The summed E-state index contributed by atoms with van der Waals surface area (Å²) in [7, 11) is -4.41. The molecule has 2 N–H and O–H groups in total. The van der Waals surface area contributed by atoms with Crippen LogP contribution in [0.15, 0.2) is 29.2 Å². The van der Waals surface area contributed by atoms with E-state index in [1.54, 1.807) is 0 Å². The van der Waals surface area contributed by atoms with Gasteiger partial charge in [0, 0.05) is 0 Å². The molecular formula is C13H10F5N5O4S. The zero-order chi connectivity index (χ0) is 21.3. The van der Waals surface area contributed by atoms with Crippen molar-refractivity contribution in [3.63, 3.8) is 0 Å². The summed E-state index contributed by atoms with van der Waals surface area (Å²) in [6.45, 7) is 0. The van der Waals surface area contributed by atoms with Gasteiger partial charge in [-0.2, -0.15) is 28.1 Å². The number of nitrogens with zero attached hydrogens (tertiary/aromatic N) is 4. The Bertz CT molecular complexity index is 999. The van der Waals surface area contributed by atoms with E-state index in [0.29, 0.717) is 12.1 Å². The van der Waals surface area contributed by atoms with Crippen LogP contribution in [0.5, 0.6) is 6.01 Å². The normalized spacial score (nSPS) is 12.1. The third-order valence-electron chi connectivity index (χ3n) is 3.09. The van der Waals surface area contributed by atoms with E-state index in [4.69, 9.17) is 5.73 Å². The highest BCUT2D eigenvalue weighted by molar-refractivity contribution is 7.93. The van der Waals surface area contributed by atoms with Crippen molar-refractivity contribution in [1.82, 2.24) is 15.0 Å². The minimum absolute atomic E-state index is 0.449. The summed E-state index contributed by atoms with van der Waals surface area (Å²) in [5, 5.41) is 0. The minimum atomic E-state index is -5.35. The van der Waals surface area contributed by atoms with Crippen molar-refractivity contribution in [3.8, 4) is 6.01 Å². The Hall–Kier alpha value is -3.10. The van der Waals surface area contributed by atoms with Crippen LogP contribution in [-0.2, 0) is 16.2 Å². The van der Waals surface area contributed by atoms with Gasteiger partial charge in [-0.3, -0.25) is 0 Å². The predicted octanol–water partition coefficient (Wildman–Crippen LogP) is 2.11. The highest BCUT2D eigenvalue weighted by atomic mass is 32.2. The molecule has 0 radical (unpaired) electrons. The molecule has 9 nitrogen and oxygen atoms in total. The number of urea groups is 1. The average molecular weight is 427 g/mol. The molecule has 0 aliphatic carbocycles. The fraction of sp³-hybridized carbons (Fsp3) is 0.231. The summed E-state index contributed by atoms with van der Waals surface area (Å²) < 4.78 is 94.9. The Balaban J connectivity index is 2.76. The van der Waals surface area contributed by atoms with Gasteiger partial charge in [0.05, 0.1) is 12.7 Å². The van der Waals surface area contributed by atoms with E-state index in [1.165, 1.54) is 0 Å². The van der Waals surface area contributed by atoms with Crippen molar-refractivity contribution < 1.29 is 39.9 Å². The number of methoxy groups -OCH3 is 1. The smallest absolute Gasteiger partial charge is 0.417 e. The molecular weight excluding hydrogens is 417 g/mol. The van der Waals surface area contributed by atoms with Gasteiger partial charge in [0.2, 0.25) is 5.82 Å². The van der Waals surface area contributed by atoms with Gasteiger partial charge in [0.25, 0.3) is 22.4 Å². The van der Waals surface area contributed by atoms with Gasteiger partial charge in [-0.05, 0) is 12.1 Å². The highest BCUT2D eigenvalue weighted by Gasteiger charge is 2.41. The van der Waals surface area contributed by atoms with E-state index in [-0.39, 0.29) is 0 Å². The molecule has 0 aliphatic rings. The van der Waals surface area contributed by atoms with Crippen molar-refractivity contribution in [3.05, 3.63) is 35.7 Å². The Morgan fingerprint density at radius 3 is 2.29 bits per heavy atom. The van der Waals surface area contributed by atoms with Crippen LogP contribution in [0, 0.1) is 0 Å². The number of primary amides is 1. The second-order valence-electron chi connectivity index (χ2n) is 4.88. The van der Waals surface area contributed by atoms with Crippen LogP contribution in [0.2, 0.25) is 0 Å². The van der Waals surface area contributed by atoms with E-state index in [0.717, 1.165) is 19.2 Å². The summed E-state index contributed by atoms with van der Waals surface area (Å²) >= 11 is 0. The highest BCUT2D eigenvalue weighted by Crippen LogP contribution is 2.36. The number of halogens is 5. The van der Waals surface area contributed by atoms with Crippen molar-refractivity contribution in [2.75, 3.05) is 11.4 Å². The molecule has 0 bridgehead atoms. The largest absolute Gasteiger partial charge is 0.467 e. The van der Waals surface area contributed by atoms with Crippen molar-refractivity contribution >= 4 is 22.0 Å². The number of nitrogens with two attached hydrogens (primary N) is 1. The van der Waals surface area contributed by atoms with E-state index < -0.39 is 61.2 Å². The average Bonchev–Trinajstić information content (AvgIpc) is 2.60. The molecule has 152 valence electrons. The van der Waals surface area contributed by atoms with Crippen LogP contribution in [0.4, 0.5) is 32.7 Å². The number of carbonyl (C=O) groups excluding carboxylic acids is 1. The maximum absolute atomic E-state index is 13.2. The topological polar surface area (TPSA) is 128 Å². The van der Waals surface area contributed by atoms with Crippen LogP contribution >= 0.6 is 0 Å². The molecule has 0 spiro atoms. The number of amides is 2. The molecule has 1 aromatic carbocycles. The molecule has 0 aliphatic heterocycles. The number of ether oxygens (including phenoxy) is 1. The number of sulfonamides is 1. The molecule has 2 rings (SSSR count). The van der Waals surface area contributed by atoms with Crippen LogP contribution in [0.3, 0.4) is 0 Å². The number of alkyl halides is 5. The second kappa shape index (κ2) is 7.49. The summed E-state index contributed by atoms with van der Waals surface area (Å²) in [5.74, 6) is -2.54. The Kier molecular flexibility index (Phi) is 5.67. The monoisotopic (exact) mass is 427 g/mol. The Morgan fingerprint density at radius 2 is 1.79 bits per heavy atom. The summed E-state index contributed by atoms with van der Waals surface area (Å²) in [6.07, 6.45) is -8.45. The van der Waals surface area contributed by atoms with Crippen molar-refractivity contribution in [1.29, 1.82) is 0 Å². The van der Waals surface area contributed by atoms with Gasteiger partial charge in [0.1, 0.15) is 4.90 Å². The molecule has 0 atom stereocenters. The molecule has 1 heterocycles. The summed E-state index contributed by atoms with van der Waals surface area (Å²) in [6, 6.07) is 0.221. The summed E-state index contributed by atoms with van der Waals surface area (Å²) in [4.78, 5) is 19.9. The van der Waals surface area contributed by atoms with E-state index in [2.05, 4.69) is 19.7 Å². The van der Waals surface area contributed by atoms with Gasteiger partial charge in [-0.1, -0.05) is 12.1 Å². The molecule has 15 heteroatoms. The lowest BCUT2D eigenvalue weighted by Crippen LogP contribution is -2.42. The quantitative estimate of drug-likeness (QED) is 0.724. The third kappa shape index (κ3) is 4.08. The lowest BCUT2D eigenvalue weighted by Gasteiger charge is -2.21. The van der Waals surface area contributed by atoms with E-state index >= 15 is 0 Å². The molecule has 2 aromatic rings. The lowest BCUT2D eigenvalue weighted by atomic mass is 10.2.